The van der Waals surface area contributed by atoms with E-state index in [9.17, 15) is 0 Å². The maximum atomic E-state index is 5.97. The molecular weight excluding hydrogens is 382 g/mol. The molecule has 3 rings (SSSR count). The number of aromatic nitrogens is 3. The molecule has 1 heterocycles. The summed E-state index contributed by atoms with van der Waals surface area (Å²) in [7, 11) is 1.65. The Morgan fingerprint density at radius 3 is 2.81 bits per heavy atom. The van der Waals surface area contributed by atoms with Gasteiger partial charge in [-0.05, 0) is 30.3 Å². The van der Waals surface area contributed by atoms with E-state index in [1.165, 1.54) is 0 Å². The van der Waals surface area contributed by atoms with E-state index in [0.717, 1.165) is 33.8 Å². The molecule has 0 aliphatic heterocycles. The quantitative estimate of drug-likeness (QED) is 0.288. The molecule has 0 saturated heterocycles. The average Bonchev–Trinajstić information content (AvgIpc) is 3.08. The van der Waals surface area contributed by atoms with Crippen LogP contribution in [0.4, 0.5) is 0 Å². The van der Waals surface area contributed by atoms with Gasteiger partial charge >= 0.3 is 0 Å². The highest BCUT2D eigenvalue weighted by Crippen LogP contribution is 2.31. The number of thioether (sulfide) groups is 1. The first-order valence-corrected chi connectivity index (χ1v) is 9.78. The summed E-state index contributed by atoms with van der Waals surface area (Å²) < 4.78 is 13.2. The van der Waals surface area contributed by atoms with E-state index in [2.05, 4.69) is 16.8 Å². The third kappa shape index (κ3) is 4.84. The lowest BCUT2D eigenvalue weighted by molar-refractivity contribution is 0.344. The smallest absolute Gasteiger partial charge is 0.191 e. The second kappa shape index (κ2) is 9.48. The molecule has 5 nitrogen and oxygen atoms in total. The molecule has 0 unspecified atom stereocenters. The number of rotatable bonds is 9. The second-order valence-electron chi connectivity index (χ2n) is 5.56. The summed E-state index contributed by atoms with van der Waals surface area (Å²) in [5, 5.41) is 10.2. The molecule has 0 N–H and O–H groups in total. The van der Waals surface area contributed by atoms with Crippen LogP contribution in [-0.2, 0) is 6.54 Å². The van der Waals surface area contributed by atoms with Crippen LogP contribution < -0.4 is 9.47 Å². The Bertz CT molecular complexity index is 914. The number of nitrogens with zero attached hydrogens (tertiary/aromatic N) is 3. The molecule has 0 fully saturated rings. The highest BCUT2D eigenvalue weighted by atomic mass is 35.5. The number of benzene rings is 2. The van der Waals surface area contributed by atoms with Crippen LogP contribution in [-0.4, -0.2) is 34.2 Å². The van der Waals surface area contributed by atoms with Crippen LogP contribution in [0.2, 0.25) is 5.02 Å². The maximum absolute atomic E-state index is 5.97. The summed E-state index contributed by atoms with van der Waals surface area (Å²) in [5.74, 6) is 3.00. The summed E-state index contributed by atoms with van der Waals surface area (Å²) in [4.78, 5) is 0. The van der Waals surface area contributed by atoms with E-state index in [1.54, 1.807) is 24.9 Å². The van der Waals surface area contributed by atoms with Crippen molar-refractivity contribution >= 4 is 23.4 Å². The number of ether oxygens (including phenoxy) is 2. The lowest BCUT2D eigenvalue weighted by atomic mass is 10.2. The van der Waals surface area contributed by atoms with Crippen molar-refractivity contribution in [2.45, 2.75) is 11.7 Å². The van der Waals surface area contributed by atoms with Crippen molar-refractivity contribution in [3.63, 3.8) is 0 Å². The van der Waals surface area contributed by atoms with Crippen molar-refractivity contribution in [2.24, 2.45) is 0 Å². The topological polar surface area (TPSA) is 49.2 Å². The average molecular weight is 402 g/mol. The molecule has 0 saturated carbocycles. The van der Waals surface area contributed by atoms with Crippen molar-refractivity contribution in [3.8, 4) is 22.9 Å². The standard InChI is InChI=1S/C20H20ClN3O2S/c1-3-11-24-19(17-9-4-5-10-18(17)25-2)22-23-20(24)27-13-12-26-16-8-6-7-15(21)14-16/h3-10,14H,1,11-13H2,2H3. The van der Waals surface area contributed by atoms with Crippen molar-refractivity contribution < 1.29 is 9.47 Å². The molecular formula is C20H20ClN3O2S. The maximum Gasteiger partial charge on any atom is 0.191 e. The fourth-order valence-electron chi connectivity index (χ4n) is 2.57. The second-order valence-corrected chi connectivity index (χ2v) is 7.06. The summed E-state index contributed by atoms with van der Waals surface area (Å²) >= 11 is 7.55. The van der Waals surface area contributed by atoms with E-state index in [4.69, 9.17) is 21.1 Å². The van der Waals surface area contributed by atoms with Crippen molar-refractivity contribution in [1.82, 2.24) is 14.8 Å². The van der Waals surface area contributed by atoms with Gasteiger partial charge in [-0.1, -0.05) is 47.6 Å². The van der Waals surface area contributed by atoms with E-state index < -0.39 is 0 Å². The van der Waals surface area contributed by atoms with Gasteiger partial charge < -0.3 is 9.47 Å². The molecule has 0 amide bonds. The molecule has 0 spiro atoms. The predicted molar refractivity (Wildman–Crippen MR) is 110 cm³/mol. The van der Waals surface area contributed by atoms with Gasteiger partial charge in [0.25, 0.3) is 0 Å². The summed E-state index contributed by atoms with van der Waals surface area (Å²) in [6.45, 7) is 4.99. The molecule has 0 aliphatic rings. The van der Waals surface area contributed by atoms with Crippen molar-refractivity contribution in [3.05, 3.63) is 66.2 Å². The van der Waals surface area contributed by atoms with Crippen LogP contribution in [0.3, 0.4) is 0 Å². The van der Waals surface area contributed by atoms with Crippen LogP contribution in [0.25, 0.3) is 11.4 Å². The van der Waals surface area contributed by atoms with Crippen molar-refractivity contribution in [2.75, 3.05) is 19.5 Å². The first kappa shape index (κ1) is 19.3. The molecule has 0 atom stereocenters. The van der Waals surface area contributed by atoms with Crippen LogP contribution in [0.15, 0.2) is 66.3 Å². The fraction of sp³-hybridized carbons (Fsp3) is 0.200. The zero-order chi connectivity index (χ0) is 19.1. The summed E-state index contributed by atoms with van der Waals surface area (Å²) in [6, 6.07) is 15.1. The van der Waals surface area contributed by atoms with Gasteiger partial charge in [-0.15, -0.1) is 16.8 Å². The van der Waals surface area contributed by atoms with E-state index in [1.807, 2.05) is 53.1 Å². The number of allylic oxidation sites excluding steroid dienone is 1. The molecule has 0 aliphatic carbocycles. The highest BCUT2D eigenvalue weighted by Gasteiger charge is 2.16. The monoisotopic (exact) mass is 401 g/mol. The number of methoxy groups -OCH3 is 1. The van der Waals surface area contributed by atoms with E-state index in [-0.39, 0.29) is 0 Å². The van der Waals surface area contributed by atoms with Crippen LogP contribution in [0.5, 0.6) is 11.5 Å². The predicted octanol–water partition coefficient (Wildman–Crippen LogP) is 4.96. The number of halogens is 1. The zero-order valence-corrected chi connectivity index (χ0v) is 16.5. The van der Waals surface area contributed by atoms with Gasteiger partial charge in [0, 0.05) is 17.3 Å². The van der Waals surface area contributed by atoms with Gasteiger partial charge in [0.1, 0.15) is 11.5 Å². The van der Waals surface area contributed by atoms with Gasteiger partial charge in [-0.2, -0.15) is 0 Å². The molecule has 1 aromatic heterocycles. The summed E-state index contributed by atoms with van der Waals surface area (Å²) in [5.41, 5.74) is 0.899. The van der Waals surface area contributed by atoms with Gasteiger partial charge in [0.05, 0.1) is 19.3 Å². The van der Waals surface area contributed by atoms with Gasteiger partial charge in [0.15, 0.2) is 11.0 Å². The van der Waals surface area contributed by atoms with Crippen LogP contribution in [0, 0.1) is 0 Å². The van der Waals surface area contributed by atoms with Crippen molar-refractivity contribution in [1.29, 1.82) is 0 Å². The first-order chi connectivity index (χ1) is 13.2. The molecule has 7 heteroatoms. The SMILES string of the molecule is C=CCn1c(SCCOc2cccc(Cl)c2)nnc1-c1ccccc1OC. The normalized spacial score (nSPS) is 10.6. The lowest BCUT2D eigenvalue weighted by Gasteiger charge is -2.11. The van der Waals surface area contributed by atoms with E-state index in [0.29, 0.717) is 18.2 Å². The van der Waals surface area contributed by atoms with Crippen LogP contribution in [0.1, 0.15) is 0 Å². The highest BCUT2D eigenvalue weighted by molar-refractivity contribution is 7.99. The van der Waals surface area contributed by atoms with E-state index >= 15 is 0 Å². The zero-order valence-electron chi connectivity index (χ0n) is 15.0. The van der Waals surface area contributed by atoms with Crippen LogP contribution >= 0.6 is 23.4 Å². The molecule has 140 valence electrons. The minimum Gasteiger partial charge on any atom is -0.496 e. The third-order valence-electron chi connectivity index (χ3n) is 3.76. The minimum absolute atomic E-state index is 0.538. The number of hydrogen-bond acceptors (Lipinski definition) is 5. The lowest BCUT2D eigenvalue weighted by Crippen LogP contribution is -2.04. The Labute approximate surface area is 168 Å². The molecule has 0 bridgehead atoms. The summed E-state index contributed by atoms with van der Waals surface area (Å²) in [6.07, 6.45) is 1.83. The first-order valence-electron chi connectivity index (χ1n) is 8.41. The molecule has 3 aromatic rings. The fourth-order valence-corrected chi connectivity index (χ4v) is 3.51. The number of para-hydroxylation sites is 1. The Balaban J connectivity index is 1.70. The van der Waals surface area contributed by atoms with Gasteiger partial charge in [-0.25, -0.2) is 0 Å². The molecule has 27 heavy (non-hydrogen) atoms. The Kier molecular flexibility index (Phi) is 6.79. The Morgan fingerprint density at radius 1 is 1.19 bits per heavy atom. The Morgan fingerprint density at radius 2 is 2.04 bits per heavy atom. The van der Waals surface area contributed by atoms with Gasteiger partial charge in [0.2, 0.25) is 0 Å². The number of hydrogen-bond donors (Lipinski definition) is 0. The molecule has 0 radical (unpaired) electrons. The molecule has 2 aromatic carbocycles. The van der Waals surface area contributed by atoms with Gasteiger partial charge in [-0.3, -0.25) is 4.57 Å². The third-order valence-corrected chi connectivity index (χ3v) is 4.92. The Hall–Kier alpha value is -2.44. The largest absolute Gasteiger partial charge is 0.496 e. The minimum atomic E-state index is 0.538.